The summed E-state index contributed by atoms with van der Waals surface area (Å²) in [5.41, 5.74) is 0.113. The third-order valence-electron chi connectivity index (χ3n) is 3.88. The van der Waals surface area contributed by atoms with Crippen molar-refractivity contribution in [2.45, 2.75) is 48.6 Å². The fourth-order valence-electron chi connectivity index (χ4n) is 2.75. The van der Waals surface area contributed by atoms with E-state index in [1.807, 2.05) is 12.4 Å². The van der Waals surface area contributed by atoms with Crippen LogP contribution in [-0.4, -0.2) is 26.8 Å². The average molecular weight is 287 g/mol. The lowest BCUT2D eigenvalue weighted by Crippen LogP contribution is -2.48. The van der Waals surface area contributed by atoms with Gasteiger partial charge in [0.05, 0.1) is 5.25 Å². The molecule has 0 saturated heterocycles. The summed E-state index contributed by atoms with van der Waals surface area (Å²) in [5.74, 6) is 0. The van der Waals surface area contributed by atoms with Crippen molar-refractivity contribution in [2.24, 2.45) is 5.41 Å². The zero-order chi connectivity index (χ0) is 13.4. The topological polar surface area (TPSA) is 46.2 Å². The molecule has 1 fully saturated rings. The van der Waals surface area contributed by atoms with Crippen molar-refractivity contribution in [2.75, 3.05) is 7.05 Å². The van der Waals surface area contributed by atoms with Crippen LogP contribution < -0.4 is 5.32 Å². The standard InChI is InChI=1S/C13H21NO2S2/c1-13(2)7-6-10(14-3)11(9-13)18(15,16)12-5-4-8-17-12/h4-5,8,10-11,14H,6-7,9H2,1-3H3. The molecule has 0 spiro atoms. The maximum absolute atomic E-state index is 12.7. The van der Waals surface area contributed by atoms with Gasteiger partial charge in [0.25, 0.3) is 0 Å². The molecule has 3 nitrogen and oxygen atoms in total. The summed E-state index contributed by atoms with van der Waals surface area (Å²) in [7, 11) is -1.33. The molecule has 0 radical (unpaired) electrons. The molecule has 18 heavy (non-hydrogen) atoms. The molecular formula is C13H21NO2S2. The second-order valence-corrected chi connectivity index (χ2v) is 9.16. The van der Waals surface area contributed by atoms with Crippen molar-refractivity contribution in [3.05, 3.63) is 17.5 Å². The summed E-state index contributed by atoms with van der Waals surface area (Å²) in [5, 5.41) is 4.71. The molecular weight excluding hydrogens is 266 g/mol. The number of sulfone groups is 1. The van der Waals surface area contributed by atoms with Crippen LogP contribution in [0.3, 0.4) is 0 Å². The van der Waals surface area contributed by atoms with E-state index in [1.54, 1.807) is 12.1 Å². The molecule has 1 aliphatic rings. The van der Waals surface area contributed by atoms with E-state index in [9.17, 15) is 8.42 Å². The quantitative estimate of drug-likeness (QED) is 0.929. The molecule has 102 valence electrons. The summed E-state index contributed by atoms with van der Waals surface area (Å²) < 4.78 is 25.9. The van der Waals surface area contributed by atoms with Crippen LogP contribution in [-0.2, 0) is 9.84 Å². The summed E-state index contributed by atoms with van der Waals surface area (Å²) in [6.07, 6.45) is 2.74. The maximum atomic E-state index is 12.7. The number of hydrogen-bond acceptors (Lipinski definition) is 4. The van der Waals surface area contributed by atoms with Crippen molar-refractivity contribution in [1.82, 2.24) is 5.32 Å². The minimum atomic E-state index is -3.20. The molecule has 0 amide bonds. The number of rotatable bonds is 3. The Morgan fingerprint density at radius 2 is 2.17 bits per heavy atom. The van der Waals surface area contributed by atoms with Gasteiger partial charge in [-0.15, -0.1) is 11.3 Å². The summed E-state index contributed by atoms with van der Waals surface area (Å²) in [6.45, 7) is 4.33. The molecule has 2 unspecified atom stereocenters. The Morgan fingerprint density at radius 1 is 1.44 bits per heavy atom. The normalized spacial score (nSPS) is 28.2. The van der Waals surface area contributed by atoms with Gasteiger partial charge in [-0.3, -0.25) is 0 Å². The Morgan fingerprint density at radius 3 is 2.72 bits per heavy atom. The summed E-state index contributed by atoms with van der Waals surface area (Å²) >= 11 is 1.32. The molecule has 1 aliphatic carbocycles. The smallest absolute Gasteiger partial charge is 0.192 e. The number of hydrogen-bond donors (Lipinski definition) is 1. The van der Waals surface area contributed by atoms with Gasteiger partial charge in [0.15, 0.2) is 9.84 Å². The Hall–Kier alpha value is -0.390. The van der Waals surface area contributed by atoms with Crippen LogP contribution in [0.2, 0.25) is 0 Å². The largest absolute Gasteiger partial charge is 0.316 e. The molecule has 2 rings (SSSR count). The molecule has 1 aromatic rings. The molecule has 5 heteroatoms. The highest BCUT2D eigenvalue weighted by atomic mass is 32.2. The highest BCUT2D eigenvalue weighted by molar-refractivity contribution is 7.94. The van der Waals surface area contributed by atoms with Crippen molar-refractivity contribution < 1.29 is 8.42 Å². The minimum Gasteiger partial charge on any atom is -0.316 e. The van der Waals surface area contributed by atoms with Gasteiger partial charge in [-0.05, 0) is 43.2 Å². The summed E-state index contributed by atoms with van der Waals surface area (Å²) in [4.78, 5) is 0. The Kier molecular flexibility index (Phi) is 3.85. The van der Waals surface area contributed by atoms with Crippen LogP contribution >= 0.6 is 11.3 Å². The Balaban J connectivity index is 2.34. The van der Waals surface area contributed by atoms with Gasteiger partial charge in [-0.1, -0.05) is 19.9 Å². The van der Waals surface area contributed by atoms with Crippen molar-refractivity contribution >= 4 is 21.2 Å². The first-order valence-corrected chi connectivity index (χ1v) is 8.74. The van der Waals surface area contributed by atoms with Crippen LogP contribution in [0, 0.1) is 5.41 Å². The average Bonchev–Trinajstić information content (AvgIpc) is 2.82. The Bertz CT molecular complexity index is 491. The van der Waals surface area contributed by atoms with Crippen LogP contribution in [0.5, 0.6) is 0 Å². The summed E-state index contributed by atoms with van der Waals surface area (Å²) in [6, 6.07) is 3.60. The molecule has 2 atom stereocenters. The molecule has 1 N–H and O–H groups in total. The van der Waals surface area contributed by atoms with Crippen molar-refractivity contribution in [3.8, 4) is 0 Å². The molecule has 1 heterocycles. The zero-order valence-electron chi connectivity index (χ0n) is 11.1. The highest BCUT2D eigenvalue weighted by Crippen LogP contribution is 2.40. The van der Waals surface area contributed by atoms with E-state index < -0.39 is 9.84 Å². The van der Waals surface area contributed by atoms with E-state index in [0.29, 0.717) is 4.21 Å². The van der Waals surface area contributed by atoms with Gasteiger partial charge in [-0.25, -0.2) is 8.42 Å². The van der Waals surface area contributed by atoms with Gasteiger partial charge in [0.2, 0.25) is 0 Å². The van der Waals surface area contributed by atoms with Crippen LogP contribution in [0.25, 0.3) is 0 Å². The van der Waals surface area contributed by atoms with Gasteiger partial charge in [0, 0.05) is 6.04 Å². The number of thiophene rings is 1. The monoisotopic (exact) mass is 287 g/mol. The zero-order valence-corrected chi connectivity index (χ0v) is 12.8. The fraction of sp³-hybridized carbons (Fsp3) is 0.692. The van der Waals surface area contributed by atoms with E-state index >= 15 is 0 Å². The lowest BCUT2D eigenvalue weighted by Gasteiger charge is -2.40. The van der Waals surface area contributed by atoms with Gasteiger partial charge < -0.3 is 5.32 Å². The predicted octanol–water partition coefficient (Wildman–Crippen LogP) is 2.69. The van der Waals surface area contributed by atoms with E-state index in [1.165, 1.54) is 11.3 Å². The van der Waals surface area contributed by atoms with Crippen LogP contribution in [0.4, 0.5) is 0 Å². The second-order valence-electron chi connectivity index (χ2n) is 5.82. The Labute approximate surface area is 114 Å². The van der Waals surface area contributed by atoms with Gasteiger partial charge >= 0.3 is 0 Å². The molecule has 1 saturated carbocycles. The fourth-order valence-corrected chi connectivity index (χ4v) is 6.22. The van der Waals surface area contributed by atoms with E-state index in [0.717, 1.165) is 19.3 Å². The lowest BCUT2D eigenvalue weighted by atomic mass is 9.75. The third kappa shape index (κ3) is 2.63. The SMILES string of the molecule is CNC1CCC(C)(C)CC1S(=O)(=O)c1cccs1. The maximum Gasteiger partial charge on any atom is 0.192 e. The molecule has 0 bridgehead atoms. The molecule has 1 aromatic heterocycles. The third-order valence-corrected chi connectivity index (χ3v) is 7.52. The number of nitrogens with one attached hydrogen (secondary N) is 1. The first-order valence-electron chi connectivity index (χ1n) is 6.31. The molecule has 0 aromatic carbocycles. The first-order chi connectivity index (χ1) is 8.37. The van der Waals surface area contributed by atoms with E-state index in [4.69, 9.17) is 0 Å². The molecule has 0 aliphatic heterocycles. The predicted molar refractivity (Wildman–Crippen MR) is 75.8 cm³/mol. The van der Waals surface area contributed by atoms with Crippen LogP contribution in [0.1, 0.15) is 33.1 Å². The van der Waals surface area contributed by atoms with Crippen molar-refractivity contribution in [1.29, 1.82) is 0 Å². The van der Waals surface area contributed by atoms with E-state index in [2.05, 4.69) is 19.2 Å². The highest BCUT2D eigenvalue weighted by Gasteiger charge is 2.42. The van der Waals surface area contributed by atoms with Gasteiger partial charge in [-0.2, -0.15) is 0 Å². The lowest BCUT2D eigenvalue weighted by molar-refractivity contribution is 0.214. The first kappa shape index (κ1) is 14.0. The van der Waals surface area contributed by atoms with Crippen LogP contribution in [0.15, 0.2) is 21.7 Å². The minimum absolute atomic E-state index is 0.0742. The van der Waals surface area contributed by atoms with E-state index in [-0.39, 0.29) is 16.7 Å². The van der Waals surface area contributed by atoms with Crippen molar-refractivity contribution in [3.63, 3.8) is 0 Å². The van der Waals surface area contributed by atoms with Gasteiger partial charge in [0.1, 0.15) is 4.21 Å². The second kappa shape index (κ2) is 4.94.